The molecule has 0 unspecified atom stereocenters. The lowest BCUT2D eigenvalue weighted by Gasteiger charge is -2.17. The number of sulfonamides is 2. The largest absolute Gasteiger partial charge is 0.280 e. The van der Waals surface area contributed by atoms with Gasteiger partial charge in [-0.25, -0.2) is 16.8 Å². The molecular weight excluding hydrogens is 420 g/mol. The third-order valence-corrected chi connectivity index (χ3v) is 8.42. The van der Waals surface area contributed by atoms with Crippen molar-refractivity contribution in [2.45, 2.75) is 42.4 Å². The summed E-state index contributed by atoms with van der Waals surface area (Å²) in [7, 11) is -7.60. The third-order valence-electron chi connectivity index (χ3n) is 4.64. The first kappa shape index (κ1) is 21.1. The summed E-state index contributed by atoms with van der Waals surface area (Å²) in [5.41, 5.74) is 1.21. The van der Waals surface area contributed by atoms with Crippen molar-refractivity contribution in [3.8, 4) is 0 Å². The van der Waals surface area contributed by atoms with Gasteiger partial charge in [-0.05, 0) is 55.2 Å². The molecule has 1 heterocycles. The average Bonchev–Trinajstić information content (AvgIpc) is 3.19. The number of rotatable bonds is 7. The number of nitrogens with zero attached hydrogens (tertiary/aromatic N) is 1. The molecule has 0 aromatic heterocycles. The van der Waals surface area contributed by atoms with E-state index in [-0.39, 0.29) is 20.5 Å². The fourth-order valence-electron chi connectivity index (χ4n) is 3.17. The molecule has 0 bridgehead atoms. The topological polar surface area (TPSA) is 83.5 Å². The Bertz CT molecular complexity index is 1050. The molecule has 152 valence electrons. The standard InChI is InChI=1S/C19H23ClN2O4S2/c1-2-5-15-6-9-17(10-7-15)27(23,24)21-16-8-11-18(20)19(14-16)28(25,26)22-12-3-4-13-22/h6-11,14,21H,2-5,12-13H2,1H3. The molecule has 1 aliphatic rings. The summed E-state index contributed by atoms with van der Waals surface area (Å²) in [4.78, 5) is 0.0285. The minimum Gasteiger partial charge on any atom is -0.280 e. The Morgan fingerprint density at radius 3 is 2.25 bits per heavy atom. The Kier molecular flexibility index (Phi) is 6.34. The second-order valence-corrected chi connectivity index (χ2v) is 10.8. The minimum atomic E-state index is -3.84. The molecule has 0 aliphatic carbocycles. The fraction of sp³-hybridized carbons (Fsp3) is 0.368. The quantitative estimate of drug-likeness (QED) is 0.705. The van der Waals surface area contributed by atoms with Gasteiger partial charge in [0.1, 0.15) is 4.90 Å². The molecule has 1 fully saturated rings. The Morgan fingerprint density at radius 1 is 1.00 bits per heavy atom. The first-order valence-electron chi connectivity index (χ1n) is 9.15. The molecule has 1 N–H and O–H groups in total. The van der Waals surface area contributed by atoms with Crippen LogP contribution in [0.1, 0.15) is 31.7 Å². The van der Waals surface area contributed by atoms with Crippen LogP contribution in [0.15, 0.2) is 52.3 Å². The zero-order valence-corrected chi connectivity index (χ0v) is 17.9. The van der Waals surface area contributed by atoms with Crippen LogP contribution in [0.4, 0.5) is 5.69 Å². The monoisotopic (exact) mass is 442 g/mol. The molecule has 0 amide bonds. The number of hydrogen-bond acceptors (Lipinski definition) is 4. The van der Waals surface area contributed by atoms with Gasteiger partial charge in [-0.1, -0.05) is 37.1 Å². The van der Waals surface area contributed by atoms with E-state index < -0.39 is 20.0 Å². The number of benzene rings is 2. The van der Waals surface area contributed by atoms with Crippen LogP contribution in [-0.2, 0) is 26.5 Å². The first-order valence-corrected chi connectivity index (χ1v) is 12.5. The highest BCUT2D eigenvalue weighted by Gasteiger charge is 2.29. The maximum absolute atomic E-state index is 12.8. The Balaban J connectivity index is 1.88. The number of hydrogen-bond donors (Lipinski definition) is 1. The summed E-state index contributed by atoms with van der Waals surface area (Å²) in [5.74, 6) is 0. The zero-order valence-electron chi connectivity index (χ0n) is 15.6. The highest BCUT2D eigenvalue weighted by Crippen LogP contribution is 2.30. The summed E-state index contributed by atoms with van der Waals surface area (Å²) < 4.78 is 54.8. The summed E-state index contributed by atoms with van der Waals surface area (Å²) >= 11 is 6.11. The molecule has 2 aromatic rings. The van der Waals surface area contributed by atoms with Crippen molar-refractivity contribution in [2.75, 3.05) is 17.8 Å². The molecule has 28 heavy (non-hydrogen) atoms. The predicted octanol–water partition coefficient (Wildman–Crippen LogP) is 3.88. The molecular formula is C19H23ClN2O4S2. The summed E-state index contributed by atoms with van der Waals surface area (Å²) in [6, 6.07) is 10.8. The van der Waals surface area contributed by atoms with E-state index in [4.69, 9.17) is 11.6 Å². The van der Waals surface area contributed by atoms with Crippen LogP contribution >= 0.6 is 11.6 Å². The Hall–Kier alpha value is -1.61. The highest BCUT2D eigenvalue weighted by molar-refractivity contribution is 7.92. The van der Waals surface area contributed by atoms with Crippen LogP contribution in [0.25, 0.3) is 0 Å². The highest BCUT2D eigenvalue weighted by atomic mass is 35.5. The third kappa shape index (κ3) is 4.51. The normalized spacial score (nSPS) is 15.6. The van der Waals surface area contributed by atoms with E-state index in [0.29, 0.717) is 13.1 Å². The van der Waals surface area contributed by atoms with Gasteiger partial charge >= 0.3 is 0 Å². The van der Waals surface area contributed by atoms with E-state index in [9.17, 15) is 16.8 Å². The molecule has 0 radical (unpaired) electrons. The van der Waals surface area contributed by atoms with Gasteiger partial charge in [-0.15, -0.1) is 0 Å². The van der Waals surface area contributed by atoms with Gasteiger partial charge in [0.05, 0.1) is 15.6 Å². The van der Waals surface area contributed by atoms with Gasteiger partial charge in [0.25, 0.3) is 10.0 Å². The molecule has 1 saturated heterocycles. The van der Waals surface area contributed by atoms with Gasteiger partial charge < -0.3 is 0 Å². The van der Waals surface area contributed by atoms with Crippen LogP contribution in [-0.4, -0.2) is 34.2 Å². The molecule has 3 rings (SSSR count). The molecule has 0 saturated carbocycles. The van der Waals surface area contributed by atoms with Crippen molar-refractivity contribution in [3.05, 3.63) is 53.1 Å². The molecule has 0 atom stereocenters. The predicted molar refractivity (Wildman–Crippen MR) is 111 cm³/mol. The van der Waals surface area contributed by atoms with Gasteiger partial charge in [-0.2, -0.15) is 4.31 Å². The molecule has 0 spiro atoms. The summed E-state index contributed by atoms with van der Waals surface area (Å²) in [5, 5.41) is 0.0683. The number of nitrogens with one attached hydrogen (secondary N) is 1. The van der Waals surface area contributed by atoms with E-state index in [1.807, 2.05) is 0 Å². The maximum atomic E-state index is 12.8. The van der Waals surface area contributed by atoms with Gasteiger partial charge in [0, 0.05) is 13.1 Å². The van der Waals surface area contributed by atoms with E-state index in [1.54, 1.807) is 24.3 Å². The van der Waals surface area contributed by atoms with Crippen LogP contribution in [0.5, 0.6) is 0 Å². The van der Waals surface area contributed by atoms with Crippen molar-refractivity contribution in [1.29, 1.82) is 0 Å². The van der Waals surface area contributed by atoms with Crippen molar-refractivity contribution >= 4 is 37.3 Å². The fourth-order valence-corrected chi connectivity index (χ4v) is 6.24. The second kappa shape index (κ2) is 8.41. The summed E-state index contributed by atoms with van der Waals surface area (Å²) in [6.07, 6.45) is 3.46. The average molecular weight is 443 g/mol. The van der Waals surface area contributed by atoms with Crippen LogP contribution in [0.3, 0.4) is 0 Å². The Labute approximate surface area is 171 Å². The number of anilines is 1. The van der Waals surface area contributed by atoms with Crippen molar-refractivity contribution in [1.82, 2.24) is 4.31 Å². The van der Waals surface area contributed by atoms with E-state index in [1.165, 1.54) is 22.5 Å². The minimum absolute atomic E-state index is 0.0683. The lowest BCUT2D eigenvalue weighted by molar-refractivity contribution is 0.477. The lowest BCUT2D eigenvalue weighted by atomic mass is 10.1. The van der Waals surface area contributed by atoms with Crippen molar-refractivity contribution in [2.24, 2.45) is 0 Å². The Morgan fingerprint density at radius 2 is 1.64 bits per heavy atom. The van der Waals surface area contributed by atoms with E-state index >= 15 is 0 Å². The van der Waals surface area contributed by atoms with Gasteiger partial charge in [0.2, 0.25) is 10.0 Å². The molecule has 6 nitrogen and oxygen atoms in total. The zero-order chi connectivity index (χ0) is 20.4. The molecule has 1 aliphatic heterocycles. The van der Waals surface area contributed by atoms with Crippen LogP contribution in [0.2, 0.25) is 5.02 Å². The smallest absolute Gasteiger partial charge is 0.261 e. The number of halogens is 1. The second-order valence-electron chi connectivity index (χ2n) is 6.76. The van der Waals surface area contributed by atoms with Crippen molar-refractivity contribution < 1.29 is 16.8 Å². The van der Waals surface area contributed by atoms with Gasteiger partial charge in [-0.3, -0.25) is 4.72 Å². The van der Waals surface area contributed by atoms with E-state index in [0.717, 1.165) is 31.2 Å². The van der Waals surface area contributed by atoms with E-state index in [2.05, 4.69) is 11.6 Å². The molecule has 2 aromatic carbocycles. The van der Waals surface area contributed by atoms with Crippen molar-refractivity contribution in [3.63, 3.8) is 0 Å². The van der Waals surface area contributed by atoms with Crippen LogP contribution in [0, 0.1) is 0 Å². The molecule has 9 heteroatoms. The number of aryl methyl sites for hydroxylation is 1. The first-order chi connectivity index (χ1) is 13.2. The maximum Gasteiger partial charge on any atom is 0.261 e. The SMILES string of the molecule is CCCc1ccc(S(=O)(=O)Nc2ccc(Cl)c(S(=O)(=O)N3CCCC3)c2)cc1. The van der Waals surface area contributed by atoms with Gasteiger partial charge in [0.15, 0.2) is 0 Å². The lowest BCUT2D eigenvalue weighted by Crippen LogP contribution is -2.28. The van der Waals surface area contributed by atoms with Crippen LogP contribution < -0.4 is 4.72 Å². The summed E-state index contributed by atoms with van der Waals surface area (Å²) in [6.45, 7) is 2.94.